The van der Waals surface area contributed by atoms with Gasteiger partial charge in [-0.3, -0.25) is 24.1 Å². The van der Waals surface area contributed by atoms with E-state index >= 15 is 0 Å². The number of nitrogens with one attached hydrogen (secondary N) is 1. The van der Waals surface area contributed by atoms with Crippen LogP contribution in [0, 0.1) is 5.92 Å². The van der Waals surface area contributed by atoms with Crippen LogP contribution in [0.1, 0.15) is 38.5 Å². The van der Waals surface area contributed by atoms with Gasteiger partial charge >= 0.3 is 5.97 Å². The van der Waals surface area contributed by atoms with E-state index in [2.05, 4.69) is 5.32 Å². The summed E-state index contributed by atoms with van der Waals surface area (Å²) in [5, 5.41) is 11.6. The first-order chi connectivity index (χ1) is 9.47. The van der Waals surface area contributed by atoms with Gasteiger partial charge in [-0.25, -0.2) is 0 Å². The summed E-state index contributed by atoms with van der Waals surface area (Å²) in [6, 6.07) is -0.117. The van der Waals surface area contributed by atoms with E-state index in [0.717, 1.165) is 4.90 Å². The van der Waals surface area contributed by atoms with Gasteiger partial charge in [-0.15, -0.1) is 0 Å². The van der Waals surface area contributed by atoms with Crippen LogP contribution in [0.3, 0.4) is 0 Å². The lowest BCUT2D eigenvalue weighted by atomic mass is 10.1. The molecule has 0 aromatic heterocycles. The average Bonchev–Trinajstić information content (AvgIpc) is 2.96. The predicted molar refractivity (Wildman–Crippen MR) is 67.5 cm³/mol. The normalized spacial score (nSPS) is 26.1. The molecule has 1 aliphatic heterocycles. The minimum atomic E-state index is -0.824. The maximum absolute atomic E-state index is 11.7. The van der Waals surface area contributed by atoms with Crippen LogP contribution in [0.4, 0.5) is 0 Å². The Morgan fingerprint density at radius 1 is 1.20 bits per heavy atom. The van der Waals surface area contributed by atoms with Crippen LogP contribution in [-0.4, -0.2) is 46.3 Å². The van der Waals surface area contributed by atoms with E-state index in [1.165, 1.54) is 0 Å². The lowest BCUT2D eigenvalue weighted by Gasteiger charge is -2.15. The molecule has 2 atom stereocenters. The lowest BCUT2D eigenvalue weighted by Crippen LogP contribution is -2.37. The molecule has 0 radical (unpaired) electrons. The molecule has 2 rings (SSSR count). The number of rotatable bonds is 5. The number of amides is 3. The number of nitrogens with zero attached hydrogens (tertiary/aromatic N) is 1. The topological polar surface area (TPSA) is 104 Å². The molecule has 2 unspecified atom stereocenters. The summed E-state index contributed by atoms with van der Waals surface area (Å²) in [6.45, 7) is 0.110. The molecule has 2 fully saturated rings. The standard InChI is InChI=1S/C13H18N2O5/c16-10(5-6-15-11(17)3-4-12(15)18)14-9-2-1-8(7-9)13(19)20/h8-9H,1-7H2,(H,14,16)(H,19,20). The Bertz CT molecular complexity index is 432. The Balaban J connectivity index is 1.72. The smallest absolute Gasteiger partial charge is 0.306 e. The van der Waals surface area contributed by atoms with E-state index < -0.39 is 5.97 Å². The highest BCUT2D eigenvalue weighted by molar-refractivity contribution is 6.02. The van der Waals surface area contributed by atoms with Gasteiger partial charge in [0.2, 0.25) is 17.7 Å². The fourth-order valence-corrected chi connectivity index (χ4v) is 2.72. The summed E-state index contributed by atoms with van der Waals surface area (Å²) in [7, 11) is 0. The van der Waals surface area contributed by atoms with Crippen LogP contribution in [0.2, 0.25) is 0 Å². The minimum absolute atomic E-state index is 0.0751. The molecule has 20 heavy (non-hydrogen) atoms. The van der Waals surface area contributed by atoms with Crippen molar-refractivity contribution >= 4 is 23.7 Å². The second-order valence-corrected chi connectivity index (χ2v) is 5.30. The van der Waals surface area contributed by atoms with Crippen LogP contribution in [0.25, 0.3) is 0 Å². The van der Waals surface area contributed by atoms with Crippen molar-refractivity contribution in [1.29, 1.82) is 0 Å². The van der Waals surface area contributed by atoms with Crippen molar-refractivity contribution in [3.05, 3.63) is 0 Å². The molecular formula is C13H18N2O5. The molecule has 7 heteroatoms. The third kappa shape index (κ3) is 3.34. The third-order valence-corrected chi connectivity index (χ3v) is 3.86. The van der Waals surface area contributed by atoms with E-state index in [1.54, 1.807) is 0 Å². The van der Waals surface area contributed by atoms with Gasteiger partial charge in [0.1, 0.15) is 0 Å². The van der Waals surface area contributed by atoms with Crippen LogP contribution in [-0.2, 0) is 19.2 Å². The van der Waals surface area contributed by atoms with Crippen molar-refractivity contribution in [1.82, 2.24) is 10.2 Å². The van der Waals surface area contributed by atoms with Crippen LogP contribution < -0.4 is 5.32 Å². The molecule has 0 spiro atoms. The first kappa shape index (κ1) is 14.5. The first-order valence-electron chi connectivity index (χ1n) is 6.82. The van der Waals surface area contributed by atoms with E-state index in [4.69, 9.17) is 5.11 Å². The summed E-state index contributed by atoms with van der Waals surface area (Å²) in [5.41, 5.74) is 0. The average molecular weight is 282 g/mol. The van der Waals surface area contributed by atoms with E-state index in [9.17, 15) is 19.2 Å². The molecule has 7 nitrogen and oxygen atoms in total. The molecule has 0 bridgehead atoms. The van der Waals surface area contributed by atoms with Crippen molar-refractivity contribution in [2.75, 3.05) is 6.54 Å². The summed E-state index contributed by atoms with van der Waals surface area (Å²) in [6.07, 6.45) is 2.20. The van der Waals surface area contributed by atoms with Crippen LogP contribution in [0.5, 0.6) is 0 Å². The number of carboxylic acids is 1. The zero-order valence-corrected chi connectivity index (χ0v) is 11.1. The monoisotopic (exact) mass is 282 g/mol. The van der Waals surface area contributed by atoms with Gasteiger partial charge in [0.05, 0.1) is 5.92 Å². The summed E-state index contributed by atoms with van der Waals surface area (Å²) in [5.74, 6) is -1.91. The zero-order chi connectivity index (χ0) is 14.7. The molecular weight excluding hydrogens is 264 g/mol. The number of carboxylic acid groups (broad SMARTS) is 1. The lowest BCUT2D eigenvalue weighted by molar-refractivity contribution is -0.142. The molecule has 3 amide bonds. The summed E-state index contributed by atoms with van der Waals surface area (Å²) >= 11 is 0. The molecule has 2 N–H and O–H groups in total. The van der Waals surface area contributed by atoms with Crippen LogP contribution >= 0.6 is 0 Å². The molecule has 110 valence electrons. The Morgan fingerprint density at radius 3 is 2.40 bits per heavy atom. The molecule has 0 aromatic carbocycles. The third-order valence-electron chi connectivity index (χ3n) is 3.86. The molecule has 1 aliphatic carbocycles. The Kier molecular flexibility index (Phi) is 4.36. The van der Waals surface area contributed by atoms with E-state index in [0.29, 0.717) is 19.3 Å². The highest BCUT2D eigenvalue weighted by Gasteiger charge is 2.31. The van der Waals surface area contributed by atoms with Gasteiger partial charge in [-0.2, -0.15) is 0 Å². The predicted octanol–water partition coefficient (Wildman–Crippen LogP) is -0.105. The quantitative estimate of drug-likeness (QED) is 0.685. The Labute approximate surface area is 116 Å². The first-order valence-corrected chi connectivity index (χ1v) is 6.82. The number of hydrogen-bond donors (Lipinski definition) is 2. The molecule has 1 saturated carbocycles. The van der Waals surface area contributed by atoms with Crippen molar-refractivity contribution < 1.29 is 24.3 Å². The largest absolute Gasteiger partial charge is 0.481 e. The molecule has 2 aliphatic rings. The van der Waals surface area contributed by atoms with E-state index in [1.807, 2.05) is 0 Å². The van der Waals surface area contributed by atoms with Crippen LogP contribution in [0.15, 0.2) is 0 Å². The van der Waals surface area contributed by atoms with Gasteiger partial charge in [-0.1, -0.05) is 0 Å². The fourth-order valence-electron chi connectivity index (χ4n) is 2.72. The number of hydrogen-bond acceptors (Lipinski definition) is 4. The van der Waals surface area contributed by atoms with Gasteiger partial charge in [0, 0.05) is 31.8 Å². The maximum atomic E-state index is 11.7. The SMILES string of the molecule is O=C(CCN1C(=O)CCC1=O)NC1CCC(C(=O)O)C1. The van der Waals surface area contributed by atoms with Crippen molar-refractivity contribution in [3.8, 4) is 0 Å². The van der Waals surface area contributed by atoms with Crippen molar-refractivity contribution in [2.45, 2.75) is 44.6 Å². The zero-order valence-electron chi connectivity index (χ0n) is 11.1. The fraction of sp³-hybridized carbons (Fsp3) is 0.692. The van der Waals surface area contributed by atoms with Gasteiger partial charge in [0.25, 0.3) is 0 Å². The highest BCUT2D eigenvalue weighted by Crippen LogP contribution is 2.25. The molecule has 1 saturated heterocycles. The second kappa shape index (κ2) is 6.02. The van der Waals surface area contributed by atoms with E-state index in [-0.39, 0.29) is 55.5 Å². The second-order valence-electron chi connectivity index (χ2n) is 5.30. The number of aliphatic carboxylic acids is 1. The van der Waals surface area contributed by atoms with Gasteiger partial charge in [-0.05, 0) is 19.3 Å². The Hall–Kier alpha value is -1.92. The number of carbonyl (C=O) groups excluding carboxylic acids is 3. The number of likely N-dealkylation sites (tertiary alicyclic amines) is 1. The molecule has 1 heterocycles. The number of imide groups is 1. The summed E-state index contributed by atoms with van der Waals surface area (Å²) in [4.78, 5) is 46.4. The van der Waals surface area contributed by atoms with Crippen molar-refractivity contribution in [3.63, 3.8) is 0 Å². The van der Waals surface area contributed by atoms with Gasteiger partial charge in [0.15, 0.2) is 0 Å². The molecule has 0 aromatic rings. The summed E-state index contributed by atoms with van der Waals surface area (Å²) < 4.78 is 0. The van der Waals surface area contributed by atoms with Crippen molar-refractivity contribution in [2.24, 2.45) is 5.92 Å². The maximum Gasteiger partial charge on any atom is 0.306 e. The van der Waals surface area contributed by atoms with Gasteiger partial charge < -0.3 is 10.4 Å². The highest BCUT2D eigenvalue weighted by atomic mass is 16.4. The Morgan fingerprint density at radius 2 is 1.85 bits per heavy atom. The minimum Gasteiger partial charge on any atom is -0.481 e. The number of carbonyl (C=O) groups is 4.